The van der Waals surface area contributed by atoms with E-state index in [1.165, 1.54) is 31.4 Å². The molecule has 0 aromatic heterocycles. The highest BCUT2D eigenvalue weighted by Crippen LogP contribution is 2.30. The molecule has 1 saturated heterocycles. The number of amides is 1. The standard InChI is InChI=1S/C28H35NO14/c1-4-38-23(31)17-8-6-7-9-18(24(32)39-5-2)26(34)42-22-21(41-25(17)33)20(19(14-30)40-27(22)35)43-28(36)29-15-10-12-16(37-3)13-11-15/h6-7,10-13,17-22,27,30,35H,4-5,8-9,14H2,1-3H3,(H,29,36)/b7-6+/t17-,18-,19+,20+,21-,22+,27-/m0/s1. The van der Waals surface area contributed by atoms with Gasteiger partial charge in [0, 0.05) is 5.69 Å². The smallest absolute Gasteiger partial charge is 0.412 e. The van der Waals surface area contributed by atoms with Gasteiger partial charge in [0.1, 0.15) is 11.9 Å². The average molecular weight is 610 g/mol. The van der Waals surface area contributed by atoms with E-state index in [4.69, 9.17) is 33.2 Å². The molecule has 0 radical (unpaired) electrons. The molecule has 1 fully saturated rings. The topological polar surface area (TPSA) is 202 Å². The van der Waals surface area contributed by atoms with Crippen LogP contribution in [0.25, 0.3) is 0 Å². The van der Waals surface area contributed by atoms with Crippen molar-refractivity contribution in [2.45, 2.75) is 57.4 Å². The van der Waals surface area contributed by atoms with Crippen LogP contribution in [0.15, 0.2) is 36.4 Å². The summed E-state index contributed by atoms with van der Waals surface area (Å²) in [4.78, 5) is 64.6. The lowest BCUT2D eigenvalue weighted by Gasteiger charge is -2.43. The van der Waals surface area contributed by atoms with E-state index in [1.54, 1.807) is 26.0 Å². The van der Waals surface area contributed by atoms with Gasteiger partial charge in [0.05, 0.1) is 26.9 Å². The van der Waals surface area contributed by atoms with E-state index in [0.29, 0.717) is 5.75 Å². The van der Waals surface area contributed by atoms with Gasteiger partial charge in [-0.05, 0) is 51.0 Å². The largest absolute Gasteiger partial charge is 0.497 e. The summed E-state index contributed by atoms with van der Waals surface area (Å²) in [6, 6.07) is 6.16. The molecule has 236 valence electrons. The van der Waals surface area contributed by atoms with Gasteiger partial charge in [-0.25, -0.2) is 4.79 Å². The third-order valence-corrected chi connectivity index (χ3v) is 6.49. The molecule has 1 aromatic rings. The monoisotopic (exact) mass is 609 g/mol. The number of hydrogen-bond acceptors (Lipinski definition) is 14. The molecule has 0 unspecified atom stereocenters. The van der Waals surface area contributed by atoms with Crippen LogP contribution in [-0.4, -0.2) is 97.8 Å². The van der Waals surface area contributed by atoms with Crippen molar-refractivity contribution in [3.05, 3.63) is 36.4 Å². The Morgan fingerprint density at radius 3 is 1.93 bits per heavy atom. The van der Waals surface area contributed by atoms with Crippen molar-refractivity contribution in [3.8, 4) is 5.75 Å². The lowest BCUT2D eigenvalue weighted by molar-refractivity contribution is -0.293. The molecule has 2 aliphatic heterocycles. The quantitative estimate of drug-likeness (QED) is 0.162. The van der Waals surface area contributed by atoms with Crippen LogP contribution in [0.1, 0.15) is 26.7 Å². The lowest BCUT2D eigenvalue weighted by Crippen LogP contribution is -2.63. The molecule has 1 aromatic carbocycles. The Kier molecular flexibility index (Phi) is 12.3. The summed E-state index contributed by atoms with van der Waals surface area (Å²) in [5.41, 5.74) is 0.285. The number of allylic oxidation sites excluding steroid dienone is 2. The van der Waals surface area contributed by atoms with Crippen LogP contribution in [0.5, 0.6) is 5.75 Å². The Labute approximate surface area is 246 Å². The van der Waals surface area contributed by atoms with Gasteiger partial charge in [-0.15, -0.1) is 0 Å². The van der Waals surface area contributed by atoms with Gasteiger partial charge in [-0.3, -0.25) is 24.5 Å². The van der Waals surface area contributed by atoms with Crippen LogP contribution in [-0.2, 0) is 47.6 Å². The molecule has 1 amide bonds. The molecule has 15 nitrogen and oxygen atoms in total. The number of aliphatic hydroxyl groups excluding tert-OH is 2. The highest BCUT2D eigenvalue weighted by atomic mass is 16.7. The summed E-state index contributed by atoms with van der Waals surface area (Å²) in [6.07, 6.45) is -7.57. The SMILES string of the molecule is CCOC(=O)[C@@H]1C/C=C/C[C@@H](C(=O)OCC)C(=O)O[C@@H]2[C@@H](OC1=O)[C@H](OC(=O)Nc1ccc(OC)cc1)[C@@H](CO)O[C@@H]2O. The second-order valence-electron chi connectivity index (χ2n) is 9.33. The van der Waals surface area contributed by atoms with Crippen LogP contribution in [0.2, 0.25) is 0 Å². The van der Waals surface area contributed by atoms with Crippen molar-refractivity contribution in [1.29, 1.82) is 0 Å². The minimum atomic E-state index is -2.01. The predicted octanol–water partition coefficient (Wildman–Crippen LogP) is 0.854. The summed E-state index contributed by atoms with van der Waals surface area (Å²) in [5.74, 6) is -6.62. The third-order valence-electron chi connectivity index (χ3n) is 6.49. The highest BCUT2D eigenvalue weighted by Gasteiger charge is 2.53. The molecule has 0 saturated carbocycles. The molecule has 7 atom stereocenters. The predicted molar refractivity (Wildman–Crippen MR) is 143 cm³/mol. The van der Waals surface area contributed by atoms with Crippen LogP contribution in [0, 0.1) is 11.8 Å². The van der Waals surface area contributed by atoms with E-state index in [9.17, 15) is 34.2 Å². The van der Waals surface area contributed by atoms with Crippen LogP contribution in [0.3, 0.4) is 0 Å². The van der Waals surface area contributed by atoms with Gasteiger partial charge in [0.25, 0.3) is 0 Å². The first-order chi connectivity index (χ1) is 20.6. The number of rotatable bonds is 8. The fourth-order valence-corrected chi connectivity index (χ4v) is 4.35. The van der Waals surface area contributed by atoms with Crippen molar-refractivity contribution in [2.75, 3.05) is 32.2 Å². The number of anilines is 1. The summed E-state index contributed by atoms with van der Waals surface area (Å²) in [7, 11) is 1.47. The molecule has 3 rings (SSSR count). The summed E-state index contributed by atoms with van der Waals surface area (Å²) in [5, 5.41) is 23.2. The first kappa shape index (κ1) is 33.3. The van der Waals surface area contributed by atoms with E-state index in [-0.39, 0.29) is 31.7 Å². The first-order valence-electron chi connectivity index (χ1n) is 13.6. The fourth-order valence-electron chi connectivity index (χ4n) is 4.35. The number of aliphatic hydroxyl groups is 2. The fraction of sp³-hybridized carbons (Fsp3) is 0.536. The van der Waals surface area contributed by atoms with Crippen molar-refractivity contribution in [2.24, 2.45) is 11.8 Å². The molecule has 3 N–H and O–H groups in total. The van der Waals surface area contributed by atoms with Gasteiger partial charge >= 0.3 is 30.0 Å². The number of esters is 4. The van der Waals surface area contributed by atoms with Gasteiger partial charge in [-0.1, -0.05) is 12.2 Å². The van der Waals surface area contributed by atoms with E-state index < -0.39 is 79.1 Å². The number of carbonyl (C=O) groups is 5. The molecular weight excluding hydrogens is 574 g/mol. The number of benzene rings is 1. The maximum Gasteiger partial charge on any atom is 0.412 e. The van der Waals surface area contributed by atoms with Crippen LogP contribution >= 0.6 is 0 Å². The Hall–Kier alpha value is -4.21. The van der Waals surface area contributed by atoms with Crippen molar-refractivity contribution >= 4 is 35.7 Å². The second kappa shape index (κ2) is 15.9. The molecular formula is C28H35NO14. The van der Waals surface area contributed by atoms with Crippen LogP contribution < -0.4 is 10.1 Å². The highest BCUT2D eigenvalue weighted by molar-refractivity contribution is 5.96. The van der Waals surface area contributed by atoms with Gasteiger partial charge < -0.3 is 43.4 Å². The number of hydrogen-bond donors (Lipinski definition) is 3. The molecule has 0 aliphatic carbocycles. The number of carbonyl (C=O) groups excluding carboxylic acids is 5. The zero-order valence-electron chi connectivity index (χ0n) is 23.8. The normalized spacial score (nSPS) is 28.3. The summed E-state index contributed by atoms with van der Waals surface area (Å²) < 4.78 is 36.9. The van der Waals surface area contributed by atoms with Crippen molar-refractivity contribution in [1.82, 2.24) is 0 Å². The molecule has 2 heterocycles. The van der Waals surface area contributed by atoms with Gasteiger partial charge in [0.2, 0.25) is 0 Å². The number of fused-ring (bicyclic) bond motifs is 1. The Morgan fingerprint density at radius 1 is 0.907 bits per heavy atom. The maximum atomic E-state index is 13.3. The molecule has 0 bridgehead atoms. The molecule has 43 heavy (non-hydrogen) atoms. The van der Waals surface area contributed by atoms with Gasteiger partial charge in [-0.2, -0.15) is 0 Å². The first-order valence-corrected chi connectivity index (χ1v) is 13.6. The van der Waals surface area contributed by atoms with Crippen molar-refractivity contribution in [3.63, 3.8) is 0 Å². The van der Waals surface area contributed by atoms with Crippen molar-refractivity contribution < 1.29 is 67.3 Å². The minimum Gasteiger partial charge on any atom is -0.497 e. The molecule has 2 aliphatic rings. The lowest BCUT2D eigenvalue weighted by atomic mass is 9.96. The Morgan fingerprint density at radius 2 is 1.44 bits per heavy atom. The number of ether oxygens (including phenoxy) is 7. The second-order valence-corrected chi connectivity index (χ2v) is 9.33. The van der Waals surface area contributed by atoms with Crippen LogP contribution in [0.4, 0.5) is 10.5 Å². The number of nitrogens with one attached hydrogen (secondary N) is 1. The average Bonchev–Trinajstić information content (AvgIpc) is 2.97. The van der Waals surface area contributed by atoms with E-state index in [1.807, 2.05) is 0 Å². The zero-order chi connectivity index (χ0) is 31.5. The zero-order valence-corrected chi connectivity index (χ0v) is 23.8. The Balaban J connectivity index is 1.99. The molecule has 15 heteroatoms. The third kappa shape index (κ3) is 8.65. The minimum absolute atomic E-state index is 0.0376. The van der Waals surface area contributed by atoms with E-state index in [0.717, 1.165) is 0 Å². The summed E-state index contributed by atoms with van der Waals surface area (Å²) in [6.45, 7) is 2.17. The van der Waals surface area contributed by atoms with E-state index >= 15 is 0 Å². The molecule has 0 spiro atoms. The maximum absolute atomic E-state index is 13.3. The van der Waals surface area contributed by atoms with E-state index in [2.05, 4.69) is 5.32 Å². The van der Waals surface area contributed by atoms with Gasteiger partial charge in [0.15, 0.2) is 36.4 Å². The summed E-state index contributed by atoms with van der Waals surface area (Å²) >= 11 is 0. The number of methoxy groups -OCH3 is 1. The Bertz CT molecular complexity index is 1170.